The first-order valence-corrected chi connectivity index (χ1v) is 12.3. The van der Waals surface area contributed by atoms with Crippen LogP contribution in [0.5, 0.6) is 0 Å². The van der Waals surface area contributed by atoms with Gasteiger partial charge in [-0.25, -0.2) is 15.0 Å². The van der Waals surface area contributed by atoms with Gasteiger partial charge in [-0.1, -0.05) is 27.7 Å². The Morgan fingerprint density at radius 1 is 1.20 bits per heavy atom. The third-order valence-electron chi connectivity index (χ3n) is 7.84. The molecule has 9 nitrogen and oxygen atoms in total. The van der Waals surface area contributed by atoms with Crippen LogP contribution in [-0.2, 0) is 14.9 Å². The van der Waals surface area contributed by atoms with E-state index in [1.54, 1.807) is 24.7 Å². The maximum atomic E-state index is 13.4. The molecular formula is C26H33N7O2. The zero-order valence-electron chi connectivity index (χ0n) is 21.2. The van der Waals surface area contributed by atoms with Crippen molar-refractivity contribution in [1.29, 1.82) is 5.26 Å². The highest BCUT2D eigenvalue weighted by atomic mass is 16.5. The van der Waals surface area contributed by atoms with Gasteiger partial charge in [0, 0.05) is 55.3 Å². The Kier molecular flexibility index (Phi) is 5.67. The van der Waals surface area contributed by atoms with Gasteiger partial charge < -0.3 is 19.4 Å². The van der Waals surface area contributed by atoms with E-state index in [9.17, 15) is 10.1 Å². The molecule has 0 saturated carbocycles. The lowest BCUT2D eigenvalue weighted by Gasteiger charge is -2.47. The molecule has 0 bridgehead atoms. The molecule has 1 unspecified atom stereocenters. The number of aromatic nitrogens is 3. The number of hydrogen-bond donors (Lipinski definition) is 0. The lowest BCUT2D eigenvalue weighted by molar-refractivity contribution is -0.159. The van der Waals surface area contributed by atoms with Crippen LogP contribution in [-0.4, -0.2) is 71.2 Å². The Hall–Kier alpha value is -3.25. The predicted octanol–water partition coefficient (Wildman–Crippen LogP) is 2.88. The first-order chi connectivity index (χ1) is 16.6. The van der Waals surface area contributed by atoms with E-state index in [2.05, 4.69) is 46.6 Å². The molecule has 0 spiro atoms. The molecule has 1 amide bonds. The second-order valence-electron chi connectivity index (χ2n) is 11.1. The number of nitriles is 1. The SMILES string of the molecule is CC1CN(c2ncnc3c2C(C)(C)CN3c2cc(C#N)ccn2)CCN1C(=O)C(C)(C)C1COC1. The van der Waals surface area contributed by atoms with Gasteiger partial charge in [-0.2, -0.15) is 5.26 Å². The minimum Gasteiger partial charge on any atom is -0.381 e. The maximum absolute atomic E-state index is 13.4. The summed E-state index contributed by atoms with van der Waals surface area (Å²) < 4.78 is 5.36. The first kappa shape index (κ1) is 23.5. The van der Waals surface area contributed by atoms with Crippen LogP contribution in [0.2, 0.25) is 0 Å². The van der Waals surface area contributed by atoms with Crippen molar-refractivity contribution in [2.75, 3.05) is 49.2 Å². The zero-order valence-corrected chi connectivity index (χ0v) is 21.2. The van der Waals surface area contributed by atoms with Crippen molar-refractivity contribution >= 4 is 23.4 Å². The highest BCUT2D eigenvalue weighted by molar-refractivity contribution is 5.83. The number of amides is 1. The lowest BCUT2D eigenvalue weighted by Crippen LogP contribution is -2.59. The van der Waals surface area contributed by atoms with E-state index in [-0.39, 0.29) is 23.3 Å². The zero-order chi connectivity index (χ0) is 25.0. The van der Waals surface area contributed by atoms with Gasteiger partial charge in [0.15, 0.2) is 0 Å². The molecule has 0 aromatic carbocycles. The summed E-state index contributed by atoms with van der Waals surface area (Å²) >= 11 is 0. The van der Waals surface area contributed by atoms with E-state index in [1.807, 2.05) is 18.7 Å². The summed E-state index contributed by atoms with van der Waals surface area (Å²) in [6.45, 7) is 14.7. The van der Waals surface area contributed by atoms with Crippen LogP contribution in [0.3, 0.4) is 0 Å². The van der Waals surface area contributed by atoms with Crippen molar-refractivity contribution in [2.45, 2.75) is 46.1 Å². The Labute approximate surface area is 206 Å². The van der Waals surface area contributed by atoms with Crippen molar-refractivity contribution in [3.63, 3.8) is 0 Å². The van der Waals surface area contributed by atoms with E-state index in [0.717, 1.165) is 23.7 Å². The number of fused-ring (bicyclic) bond motifs is 1. The highest BCUT2D eigenvalue weighted by Crippen LogP contribution is 2.46. The van der Waals surface area contributed by atoms with Crippen molar-refractivity contribution in [3.05, 3.63) is 35.8 Å². The van der Waals surface area contributed by atoms with Crippen LogP contribution in [0.1, 0.15) is 45.7 Å². The van der Waals surface area contributed by atoms with Gasteiger partial charge in [-0.15, -0.1) is 0 Å². The van der Waals surface area contributed by atoms with Crippen molar-refractivity contribution in [2.24, 2.45) is 11.3 Å². The van der Waals surface area contributed by atoms with Crippen LogP contribution in [0.15, 0.2) is 24.7 Å². The van der Waals surface area contributed by atoms with E-state index >= 15 is 0 Å². The molecule has 5 heterocycles. The van der Waals surface area contributed by atoms with Gasteiger partial charge in [0.25, 0.3) is 0 Å². The second kappa shape index (κ2) is 8.45. The van der Waals surface area contributed by atoms with E-state index in [0.29, 0.717) is 44.2 Å². The van der Waals surface area contributed by atoms with Gasteiger partial charge in [0.2, 0.25) is 5.91 Å². The van der Waals surface area contributed by atoms with Crippen LogP contribution in [0.25, 0.3) is 0 Å². The molecule has 2 aromatic rings. The van der Waals surface area contributed by atoms with Crippen molar-refractivity contribution in [3.8, 4) is 6.07 Å². The number of piperazine rings is 1. The number of anilines is 3. The molecule has 0 radical (unpaired) electrons. The summed E-state index contributed by atoms with van der Waals surface area (Å²) in [5, 5.41) is 9.34. The van der Waals surface area contributed by atoms with Crippen LogP contribution < -0.4 is 9.80 Å². The maximum Gasteiger partial charge on any atom is 0.229 e. The van der Waals surface area contributed by atoms with E-state index in [4.69, 9.17) is 9.72 Å². The quantitative estimate of drug-likeness (QED) is 0.666. The molecule has 2 aromatic heterocycles. The Morgan fingerprint density at radius 2 is 1.94 bits per heavy atom. The molecule has 3 aliphatic rings. The fourth-order valence-corrected chi connectivity index (χ4v) is 5.44. The summed E-state index contributed by atoms with van der Waals surface area (Å²) in [4.78, 5) is 33.7. The summed E-state index contributed by atoms with van der Waals surface area (Å²) in [7, 11) is 0. The smallest absolute Gasteiger partial charge is 0.229 e. The molecule has 35 heavy (non-hydrogen) atoms. The molecule has 5 rings (SSSR count). The topological polar surface area (TPSA) is 98.5 Å². The number of nitrogens with zero attached hydrogens (tertiary/aromatic N) is 7. The fraction of sp³-hybridized carbons (Fsp3) is 0.577. The summed E-state index contributed by atoms with van der Waals surface area (Å²) in [6, 6.07) is 5.77. The minimum atomic E-state index is -0.418. The standard InChI is InChI=1S/C26H33N7O2/c1-17-12-31(8-9-32(17)24(34)26(4,5)19-13-35-14-19)22-21-23(30-16-29-22)33(15-25(21,2)3)20-10-18(11-27)6-7-28-20/h6-7,10,16-17,19H,8-9,12-15H2,1-5H3. The summed E-state index contributed by atoms with van der Waals surface area (Å²) in [6.07, 6.45) is 3.27. The summed E-state index contributed by atoms with van der Waals surface area (Å²) in [5.41, 5.74) is 1.03. The summed E-state index contributed by atoms with van der Waals surface area (Å²) in [5.74, 6) is 2.96. The molecule has 0 N–H and O–H groups in total. The Balaban J connectivity index is 1.41. The van der Waals surface area contributed by atoms with Crippen LogP contribution in [0.4, 0.5) is 17.5 Å². The second-order valence-corrected chi connectivity index (χ2v) is 11.1. The third kappa shape index (κ3) is 3.90. The number of ether oxygens (including phenoxy) is 1. The van der Waals surface area contributed by atoms with E-state index < -0.39 is 5.41 Å². The number of pyridine rings is 1. The first-order valence-electron chi connectivity index (χ1n) is 12.3. The molecule has 1 atom stereocenters. The molecule has 3 aliphatic heterocycles. The van der Waals surface area contributed by atoms with Gasteiger partial charge in [-0.3, -0.25) is 4.79 Å². The lowest BCUT2D eigenvalue weighted by atomic mass is 9.76. The van der Waals surface area contributed by atoms with Gasteiger partial charge >= 0.3 is 0 Å². The monoisotopic (exact) mass is 475 g/mol. The molecule has 2 saturated heterocycles. The molecule has 9 heteroatoms. The third-order valence-corrected chi connectivity index (χ3v) is 7.84. The van der Waals surface area contributed by atoms with Gasteiger partial charge in [0.05, 0.1) is 30.3 Å². The molecular weight excluding hydrogens is 442 g/mol. The molecule has 0 aliphatic carbocycles. The van der Waals surface area contributed by atoms with Crippen LogP contribution >= 0.6 is 0 Å². The number of rotatable bonds is 4. The van der Waals surface area contributed by atoms with Gasteiger partial charge in [0.1, 0.15) is 23.8 Å². The number of carbonyl (C=O) groups excluding carboxylic acids is 1. The van der Waals surface area contributed by atoms with Gasteiger partial charge in [-0.05, 0) is 19.1 Å². The normalized spacial score (nSPS) is 21.9. The predicted molar refractivity (Wildman–Crippen MR) is 132 cm³/mol. The molecule has 184 valence electrons. The number of hydrogen-bond acceptors (Lipinski definition) is 8. The Morgan fingerprint density at radius 3 is 2.60 bits per heavy atom. The number of carbonyl (C=O) groups is 1. The highest BCUT2D eigenvalue weighted by Gasteiger charge is 2.46. The van der Waals surface area contributed by atoms with Crippen molar-refractivity contribution in [1.82, 2.24) is 19.9 Å². The van der Waals surface area contributed by atoms with Crippen molar-refractivity contribution < 1.29 is 9.53 Å². The Bertz CT molecular complexity index is 1180. The van der Waals surface area contributed by atoms with E-state index in [1.165, 1.54) is 0 Å². The average Bonchev–Trinajstić information content (AvgIpc) is 3.08. The average molecular weight is 476 g/mol. The van der Waals surface area contributed by atoms with Crippen LogP contribution in [0, 0.1) is 22.7 Å². The minimum absolute atomic E-state index is 0.0664. The fourth-order valence-electron chi connectivity index (χ4n) is 5.44. The largest absolute Gasteiger partial charge is 0.381 e. The molecule has 2 fully saturated rings.